The second-order valence-electron chi connectivity index (χ2n) is 4.30. The zero-order valence-corrected chi connectivity index (χ0v) is 12.7. The van der Waals surface area contributed by atoms with Crippen LogP contribution in [0.3, 0.4) is 0 Å². The number of carbonyl (C=O) groups is 1. The molecule has 4 nitrogen and oxygen atoms in total. The Labute approximate surface area is 123 Å². The summed E-state index contributed by atoms with van der Waals surface area (Å²) in [5.41, 5.74) is 0.237. The first-order chi connectivity index (χ1) is 8.78. The second kappa shape index (κ2) is 5.38. The van der Waals surface area contributed by atoms with Crippen molar-refractivity contribution in [3.05, 3.63) is 34.1 Å². The zero-order chi connectivity index (χ0) is 14.2. The van der Waals surface area contributed by atoms with Crippen LogP contribution in [0.2, 0.25) is 0 Å². The number of nitrogens with one attached hydrogen (secondary N) is 1. The standard InChI is InChI=1S/C11H10BrClFNO3S/c12-7-3-6(1-2-9(7)14)11(16)15-10-5-19(17,18)4-8(10)13/h1-3,8,10H,4-5H2,(H,15,16). The monoisotopic (exact) mass is 369 g/mol. The first-order valence-corrected chi connectivity index (χ1v) is 8.44. The molecule has 1 amide bonds. The van der Waals surface area contributed by atoms with Crippen molar-refractivity contribution in [2.45, 2.75) is 11.4 Å². The number of amides is 1. The van der Waals surface area contributed by atoms with E-state index in [-0.39, 0.29) is 21.5 Å². The quantitative estimate of drug-likeness (QED) is 0.806. The number of hydrogen-bond donors (Lipinski definition) is 1. The molecule has 2 unspecified atom stereocenters. The summed E-state index contributed by atoms with van der Waals surface area (Å²) in [6.45, 7) is 0. The van der Waals surface area contributed by atoms with E-state index in [2.05, 4.69) is 21.2 Å². The van der Waals surface area contributed by atoms with Crippen molar-refractivity contribution in [2.24, 2.45) is 0 Å². The summed E-state index contributed by atoms with van der Waals surface area (Å²) in [7, 11) is -3.20. The van der Waals surface area contributed by atoms with E-state index in [1.54, 1.807) is 0 Å². The molecule has 1 fully saturated rings. The first-order valence-electron chi connectivity index (χ1n) is 5.39. The lowest BCUT2D eigenvalue weighted by atomic mass is 10.2. The minimum atomic E-state index is -3.20. The maximum absolute atomic E-state index is 13.1. The molecule has 0 saturated carbocycles. The van der Waals surface area contributed by atoms with Crippen molar-refractivity contribution in [2.75, 3.05) is 11.5 Å². The molecule has 0 spiro atoms. The molecule has 2 atom stereocenters. The number of rotatable bonds is 2. The molecule has 0 aromatic heterocycles. The van der Waals surface area contributed by atoms with Gasteiger partial charge in [-0.2, -0.15) is 0 Å². The van der Waals surface area contributed by atoms with Crippen LogP contribution in [-0.4, -0.2) is 37.2 Å². The molecule has 19 heavy (non-hydrogen) atoms. The fraction of sp³-hybridized carbons (Fsp3) is 0.364. The fourth-order valence-corrected chi connectivity index (χ4v) is 4.75. The molecular weight excluding hydrogens is 361 g/mol. The molecule has 104 valence electrons. The minimum absolute atomic E-state index is 0.146. The summed E-state index contributed by atoms with van der Waals surface area (Å²) in [6, 6.07) is 3.19. The molecule has 1 aromatic rings. The third-order valence-corrected chi connectivity index (χ3v) is 5.76. The summed E-state index contributed by atoms with van der Waals surface area (Å²) >= 11 is 8.87. The van der Waals surface area contributed by atoms with E-state index in [4.69, 9.17) is 11.6 Å². The highest BCUT2D eigenvalue weighted by Gasteiger charge is 2.37. The minimum Gasteiger partial charge on any atom is -0.347 e. The Bertz CT molecular complexity index is 622. The van der Waals surface area contributed by atoms with Crippen molar-refractivity contribution in [3.8, 4) is 0 Å². The predicted molar refractivity (Wildman–Crippen MR) is 73.6 cm³/mol. The van der Waals surface area contributed by atoms with E-state index in [0.717, 1.165) is 6.07 Å². The normalized spacial score (nSPS) is 25.2. The van der Waals surface area contributed by atoms with E-state index in [0.29, 0.717) is 0 Å². The molecule has 0 aliphatic carbocycles. The lowest BCUT2D eigenvalue weighted by Gasteiger charge is -2.14. The summed E-state index contributed by atoms with van der Waals surface area (Å²) in [6.07, 6.45) is 0. The Balaban J connectivity index is 2.11. The number of hydrogen-bond acceptors (Lipinski definition) is 3. The molecule has 1 aromatic carbocycles. The molecule has 1 aliphatic heterocycles. The third kappa shape index (κ3) is 3.46. The Hall–Kier alpha value is -0.660. The number of halogens is 3. The van der Waals surface area contributed by atoms with Gasteiger partial charge in [-0.1, -0.05) is 0 Å². The topological polar surface area (TPSA) is 63.2 Å². The lowest BCUT2D eigenvalue weighted by Crippen LogP contribution is -2.40. The molecule has 1 aliphatic rings. The zero-order valence-electron chi connectivity index (χ0n) is 9.57. The summed E-state index contributed by atoms with van der Waals surface area (Å²) in [4.78, 5) is 11.9. The van der Waals surface area contributed by atoms with E-state index >= 15 is 0 Å². The Morgan fingerprint density at radius 2 is 2.11 bits per heavy atom. The predicted octanol–water partition coefficient (Wildman–Crippen LogP) is 1.72. The average molecular weight is 371 g/mol. The van der Waals surface area contributed by atoms with Crippen LogP contribution in [0.15, 0.2) is 22.7 Å². The molecule has 8 heteroatoms. The highest BCUT2D eigenvalue weighted by molar-refractivity contribution is 9.10. The molecule has 1 N–H and O–H groups in total. The van der Waals surface area contributed by atoms with E-state index in [1.807, 2.05) is 0 Å². The van der Waals surface area contributed by atoms with Crippen LogP contribution in [0.1, 0.15) is 10.4 Å². The summed E-state index contributed by atoms with van der Waals surface area (Å²) < 4.78 is 36.0. The molecule has 1 saturated heterocycles. The van der Waals surface area contributed by atoms with Gasteiger partial charge in [-0.15, -0.1) is 11.6 Å². The smallest absolute Gasteiger partial charge is 0.251 e. The van der Waals surface area contributed by atoms with Crippen LogP contribution in [0, 0.1) is 5.82 Å². The van der Waals surface area contributed by atoms with Crippen LogP contribution >= 0.6 is 27.5 Å². The number of sulfone groups is 1. The highest BCUT2D eigenvalue weighted by atomic mass is 79.9. The molecule has 2 rings (SSSR count). The average Bonchev–Trinajstić information content (AvgIpc) is 2.55. The first kappa shape index (κ1) is 14.7. The SMILES string of the molecule is O=C(NC1CS(=O)(=O)CC1Cl)c1ccc(F)c(Br)c1. The summed E-state index contributed by atoms with van der Waals surface area (Å²) in [5, 5.41) is 1.91. The van der Waals surface area contributed by atoms with Gasteiger partial charge in [0.1, 0.15) is 5.82 Å². The van der Waals surface area contributed by atoms with Gasteiger partial charge >= 0.3 is 0 Å². The van der Waals surface area contributed by atoms with Gasteiger partial charge in [0.05, 0.1) is 27.4 Å². The maximum atomic E-state index is 13.1. The Morgan fingerprint density at radius 3 is 2.63 bits per heavy atom. The van der Waals surface area contributed by atoms with Gasteiger partial charge < -0.3 is 5.32 Å². The third-order valence-electron chi connectivity index (χ3n) is 2.78. The van der Waals surface area contributed by atoms with Crippen molar-refractivity contribution >= 4 is 43.3 Å². The largest absolute Gasteiger partial charge is 0.347 e. The van der Waals surface area contributed by atoms with Gasteiger partial charge in [-0.05, 0) is 34.1 Å². The van der Waals surface area contributed by atoms with Crippen molar-refractivity contribution in [3.63, 3.8) is 0 Å². The molecule has 0 radical (unpaired) electrons. The van der Waals surface area contributed by atoms with E-state index in [1.165, 1.54) is 12.1 Å². The van der Waals surface area contributed by atoms with Crippen molar-refractivity contribution < 1.29 is 17.6 Å². The van der Waals surface area contributed by atoms with Gasteiger partial charge in [-0.3, -0.25) is 4.79 Å². The van der Waals surface area contributed by atoms with Gasteiger partial charge in [0.25, 0.3) is 5.91 Å². The van der Waals surface area contributed by atoms with Crippen LogP contribution in [0.25, 0.3) is 0 Å². The van der Waals surface area contributed by atoms with Gasteiger partial charge in [0.15, 0.2) is 9.84 Å². The van der Waals surface area contributed by atoms with Crippen LogP contribution in [0.4, 0.5) is 4.39 Å². The maximum Gasteiger partial charge on any atom is 0.251 e. The van der Waals surface area contributed by atoms with Crippen LogP contribution in [-0.2, 0) is 9.84 Å². The Morgan fingerprint density at radius 1 is 1.42 bits per heavy atom. The number of alkyl halides is 1. The number of carbonyl (C=O) groups excluding carboxylic acids is 1. The van der Waals surface area contributed by atoms with Crippen LogP contribution in [0.5, 0.6) is 0 Å². The molecule has 0 bridgehead atoms. The van der Waals surface area contributed by atoms with Crippen LogP contribution < -0.4 is 5.32 Å². The van der Waals surface area contributed by atoms with Gasteiger partial charge in [-0.25, -0.2) is 12.8 Å². The van der Waals surface area contributed by atoms with Crippen molar-refractivity contribution in [1.82, 2.24) is 5.32 Å². The molecular formula is C11H10BrClFNO3S. The highest BCUT2D eigenvalue weighted by Crippen LogP contribution is 2.20. The number of benzene rings is 1. The van der Waals surface area contributed by atoms with E-state index < -0.39 is 33.0 Å². The second-order valence-corrected chi connectivity index (χ2v) is 7.87. The fourth-order valence-electron chi connectivity index (χ4n) is 1.83. The van der Waals surface area contributed by atoms with Gasteiger partial charge in [0.2, 0.25) is 0 Å². The van der Waals surface area contributed by atoms with Gasteiger partial charge in [0, 0.05) is 5.56 Å². The molecule has 1 heterocycles. The van der Waals surface area contributed by atoms with E-state index in [9.17, 15) is 17.6 Å². The van der Waals surface area contributed by atoms with Crippen molar-refractivity contribution in [1.29, 1.82) is 0 Å². The summed E-state index contributed by atoms with van der Waals surface area (Å²) in [5.74, 6) is -1.27. The lowest BCUT2D eigenvalue weighted by molar-refractivity contribution is 0.0941. The Kier molecular flexibility index (Phi) is 4.17.